The van der Waals surface area contributed by atoms with Gasteiger partial charge in [0.05, 0.1) is 5.69 Å². The van der Waals surface area contributed by atoms with Gasteiger partial charge in [-0.1, -0.05) is 31.0 Å². The molecule has 1 aliphatic heterocycles. The van der Waals surface area contributed by atoms with E-state index in [1.807, 2.05) is 25.1 Å². The van der Waals surface area contributed by atoms with Crippen molar-refractivity contribution in [2.75, 3.05) is 26.2 Å². The monoisotopic (exact) mass is 325 g/mol. The summed E-state index contributed by atoms with van der Waals surface area (Å²) in [7, 11) is 0. The third kappa shape index (κ3) is 3.40. The first-order valence-corrected chi connectivity index (χ1v) is 9.28. The summed E-state index contributed by atoms with van der Waals surface area (Å²) >= 11 is 0. The molecular weight excluding hydrogens is 298 g/mol. The highest BCUT2D eigenvalue weighted by atomic mass is 16.4. The number of hydrogen-bond acceptors (Lipinski definition) is 4. The minimum atomic E-state index is 0.743. The van der Waals surface area contributed by atoms with E-state index in [1.165, 1.54) is 38.8 Å². The predicted octanol–water partition coefficient (Wildman–Crippen LogP) is 3.71. The number of nitrogens with zero attached hydrogens (tertiary/aromatic N) is 3. The van der Waals surface area contributed by atoms with Crippen LogP contribution in [0.25, 0.3) is 11.5 Å². The highest BCUT2D eigenvalue weighted by Crippen LogP contribution is 2.25. The van der Waals surface area contributed by atoms with Crippen molar-refractivity contribution in [3.8, 4) is 11.5 Å². The fourth-order valence-electron chi connectivity index (χ4n) is 4.05. The number of benzene rings is 1. The van der Waals surface area contributed by atoms with E-state index in [0.717, 1.165) is 48.6 Å². The Morgan fingerprint density at radius 1 is 1.04 bits per heavy atom. The molecule has 4 rings (SSSR count). The zero-order chi connectivity index (χ0) is 16.4. The summed E-state index contributed by atoms with van der Waals surface area (Å²) in [5, 5.41) is 0. The van der Waals surface area contributed by atoms with Crippen LogP contribution < -0.4 is 0 Å². The SMILES string of the molecule is Cc1oc(-c2ccccc2)nc1CN1CCN(C2CCCC2)CC1. The van der Waals surface area contributed by atoms with Crippen LogP contribution in [-0.4, -0.2) is 47.0 Å². The Morgan fingerprint density at radius 3 is 2.46 bits per heavy atom. The number of aromatic nitrogens is 1. The fraction of sp³-hybridized carbons (Fsp3) is 0.550. The van der Waals surface area contributed by atoms with Crippen LogP contribution in [0, 0.1) is 6.92 Å². The molecular formula is C20H27N3O. The molecule has 0 radical (unpaired) electrons. The second kappa shape index (κ2) is 7.08. The average Bonchev–Trinajstić information content (AvgIpc) is 3.27. The van der Waals surface area contributed by atoms with Crippen molar-refractivity contribution >= 4 is 0 Å². The molecule has 0 atom stereocenters. The average molecular weight is 325 g/mol. The molecule has 24 heavy (non-hydrogen) atoms. The van der Waals surface area contributed by atoms with E-state index in [2.05, 4.69) is 21.9 Å². The zero-order valence-electron chi connectivity index (χ0n) is 14.6. The Labute approximate surface area is 144 Å². The third-order valence-electron chi connectivity index (χ3n) is 5.53. The van der Waals surface area contributed by atoms with Crippen LogP contribution in [0.3, 0.4) is 0 Å². The summed E-state index contributed by atoms with van der Waals surface area (Å²) in [5.41, 5.74) is 2.14. The Bertz CT molecular complexity index is 653. The smallest absolute Gasteiger partial charge is 0.226 e. The summed E-state index contributed by atoms with van der Waals surface area (Å²) in [4.78, 5) is 9.97. The van der Waals surface area contributed by atoms with Crippen molar-refractivity contribution in [3.05, 3.63) is 41.8 Å². The van der Waals surface area contributed by atoms with Crippen LogP contribution in [0.15, 0.2) is 34.7 Å². The van der Waals surface area contributed by atoms with Gasteiger partial charge in [-0.15, -0.1) is 0 Å². The molecule has 1 saturated heterocycles. The second-order valence-electron chi connectivity index (χ2n) is 7.14. The van der Waals surface area contributed by atoms with Gasteiger partial charge >= 0.3 is 0 Å². The molecule has 2 aliphatic rings. The van der Waals surface area contributed by atoms with Gasteiger partial charge in [-0.25, -0.2) is 4.98 Å². The Hall–Kier alpha value is -1.65. The Kier molecular flexibility index (Phi) is 4.67. The molecule has 0 unspecified atom stereocenters. The normalized spacial score (nSPS) is 20.7. The van der Waals surface area contributed by atoms with Crippen molar-refractivity contribution in [3.63, 3.8) is 0 Å². The largest absolute Gasteiger partial charge is 0.441 e. The van der Waals surface area contributed by atoms with Crippen LogP contribution in [0.1, 0.15) is 37.1 Å². The van der Waals surface area contributed by atoms with Crippen molar-refractivity contribution in [1.82, 2.24) is 14.8 Å². The van der Waals surface area contributed by atoms with Crippen LogP contribution in [0.4, 0.5) is 0 Å². The van der Waals surface area contributed by atoms with Gasteiger partial charge in [-0.2, -0.15) is 0 Å². The Morgan fingerprint density at radius 2 is 1.75 bits per heavy atom. The maximum Gasteiger partial charge on any atom is 0.226 e. The summed E-state index contributed by atoms with van der Waals surface area (Å²) in [5.74, 6) is 1.69. The topological polar surface area (TPSA) is 32.5 Å². The molecule has 2 aromatic rings. The quantitative estimate of drug-likeness (QED) is 0.858. The summed E-state index contributed by atoms with van der Waals surface area (Å²) in [6.45, 7) is 7.62. The van der Waals surface area contributed by atoms with E-state index in [1.54, 1.807) is 0 Å². The van der Waals surface area contributed by atoms with Crippen LogP contribution >= 0.6 is 0 Å². The molecule has 128 valence electrons. The summed E-state index contributed by atoms with van der Waals surface area (Å²) < 4.78 is 5.90. The predicted molar refractivity (Wildman–Crippen MR) is 95.8 cm³/mol. The molecule has 1 saturated carbocycles. The lowest BCUT2D eigenvalue weighted by molar-refractivity contribution is 0.0928. The van der Waals surface area contributed by atoms with Gasteiger partial charge in [-0.05, 0) is 31.9 Å². The molecule has 2 heterocycles. The van der Waals surface area contributed by atoms with Gasteiger partial charge in [0.1, 0.15) is 5.76 Å². The van der Waals surface area contributed by atoms with Gasteiger partial charge in [0.25, 0.3) is 0 Å². The highest BCUT2D eigenvalue weighted by molar-refractivity contribution is 5.53. The molecule has 4 heteroatoms. The molecule has 4 nitrogen and oxygen atoms in total. The number of oxazole rings is 1. The van der Waals surface area contributed by atoms with Crippen LogP contribution in [-0.2, 0) is 6.54 Å². The molecule has 0 amide bonds. The lowest BCUT2D eigenvalue weighted by Gasteiger charge is -2.37. The molecule has 1 aromatic heterocycles. The van der Waals surface area contributed by atoms with Crippen molar-refractivity contribution in [2.45, 2.75) is 45.2 Å². The van der Waals surface area contributed by atoms with Gasteiger partial charge in [-0.3, -0.25) is 9.80 Å². The number of rotatable bonds is 4. The van der Waals surface area contributed by atoms with Crippen molar-refractivity contribution < 1.29 is 4.42 Å². The van der Waals surface area contributed by atoms with Crippen LogP contribution in [0.5, 0.6) is 0 Å². The third-order valence-corrected chi connectivity index (χ3v) is 5.53. The number of aryl methyl sites for hydroxylation is 1. The lowest BCUT2D eigenvalue weighted by Crippen LogP contribution is -2.49. The lowest BCUT2D eigenvalue weighted by atomic mass is 10.1. The van der Waals surface area contributed by atoms with E-state index < -0.39 is 0 Å². The standard InChI is InChI=1S/C20H27N3O/c1-16-19(21-20(24-16)17-7-3-2-4-8-17)15-22-11-13-23(14-12-22)18-9-5-6-10-18/h2-4,7-8,18H,5-6,9-15H2,1H3. The highest BCUT2D eigenvalue weighted by Gasteiger charge is 2.26. The van der Waals surface area contributed by atoms with Gasteiger partial charge in [0.15, 0.2) is 0 Å². The van der Waals surface area contributed by atoms with Gasteiger partial charge in [0, 0.05) is 44.3 Å². The van der Waals surface area contributed by atoms with Gasteiger partial charge in [0.2, 0.25) is 5.89 Å². The van der Waals surface area contributed by atoms with E-state index >= 15 is 0 Å². The Balaban J connectivity index is 1.37. The molecule has 0 spiro atoms. The second-order valence-corrected chi connectivity index (χ2v) is 7.14. The molecule has 0 N–H and O–H groups in total. The molecule has 2 fully saturated rings. The summed E-state index contributed by atoms with van der Waals surface area (Å²) in [6, 6.07) is 11.0. The molecule has 0 bridgehead atoms. The van der Waals surface area contributed by atoms with E-state index in [0.29, 0.717) is 0 Å². The van der Waals surface area contributed by atoms with Crippen molar-refractivity contribution in [1.29, 1.82) is 0 Å². The zero-order valence-corrected chi connectivity index (χ0v) is 14.6. The minimum absolute atomic E-state index is 0.743. The fourth-order valence-corrected chi connectivity index (χ4v) is 4.05. The maximum absolute atomic E-state index is 5.90. The summed E-state index contributed by atoms with van der Waals surface area (Å²) in [6.07, 6.45) is 5.65. The first-order valence-electron chi connectivity index (χ1n) is 9.28. The van der Waals surface area contributed by atoms with E-state index in [4.69, 9.17) is 9.40 Å². The van der Waals surface area contributed by atoms with Crippen molar-refractivity contribution in [2.24, 2.45) is 0 Å². The first-order chi connectivity index (χ1) is 11.8. The number of piperazine rings is 1. The van der Waals surface area contributed by atoms with Crippen LogP contribution in [0.2, 0.25) is 0 Å². The van der Waals surface area contributed by atoms with E-state index in [-0.39, 0.29) is 0 Å². The van der Waals surface area contributed by atoms with E-state index in [9.17, 15) is 0 Å². The first kappa shape index (κ1) is 15.9. The number of hydrogen-bond donors (Lipinski definition) is 0. The molecule has 1 aliphatic carbocycles. The maximum atomic E-state index is 5.90. The minimum Gasteiger partial charge on any atom is -0.441 e. The molecule has 1 aromatic carbocycles. The van der Waals surface area contributed by atoms with Gasteiger partial charge < -0.3 is 4.42 Å².